The minimum Gasteiger partial charge on any atom is -0.454 e. The van der Waals surface area contributed by atoms with Gasteiger partial charge in [-0.1, -0.05) is 30.3 Å². The number of rotatable bonds is 3. The lowest BCUT2D eigenvalue weighted by molar-refractivity contribution is 0.0644. The SMILES string of the molecule is O=C(c1ccc2c(c1)OCO2)N1CCCC(C2NNCC2c2ccccc2)C1. The van der Waals surface area contributed by atoms with Crippen molar-refractivity contribution in [2.45, 2.75) is 24.8 Å². The number of likely N-dealkylation sites (tertiary alicyclic amines) is 1. The standard InChI is InChI=1S/C22H25N3O3/c26-22(16-8-9-19-20(11-16)28-14-27-19)25-10-4-7-17(13-25)21-18(12-23-24-21)15-5-2-1-3-6-15/h1-3,5-6,8-9,11,17-18,21,23-24H,4,7,10,12-14H2. The van der Waals surface area contributed by atoms with E-state index >= 15 is 0 Å². The van der Waals surface area contributed by atoms with E-state index < -0.39 is 0 Å². The van der Waals surface area contributed by atoms with Gasteiger partial charge < -0.3 is 14.4 Å². The summed E-state index contributed by atoms with van der Waals surface area (Å²) >= 11 is 0. The number of fused-ring (bicyclic) bond motifs is 1. The molecule has 3 unspecified atom stereocenters. The van der Waals surface area contributed by atoms with Gasteiger partial charge in [-0.3, -0.25) is 15.6 Å². The molecule has 0 saturated carbocycles. The van der Waals surface area contributed by atoms with Crippen molar-refractivity contribution in [1.82, 2.24) is 15.8 Å². The molecule has 3 heterocycles. The molecule has 0 aromatic heterocycles. The topological polar surface area (TPSA) is 62.8 Å². The maximum absolute atomic E-state index is 13.1. The molecule has 2 fully saturated rings. The summed E-state index contributed by atoms with van der Waals surface area (Å²) in [7, 11) is 0. The molecule has 3 aliphatic heterocycles. The minimum atomic E-state index is 0.0743. The molecule has 146 valence electrons. The van der Waals surface area contributed by atoms with Crippen LogP contribution < -0.4 is 20.3 Å². The quantitative estimate of drug-likeness (QED) is 0.858. The average Bonchev–Trinajstić information content (AvgIpc) is 3.43. The number of carbonyl (C=O) groups excluding carboxylic acids is 1. The molecule has 0 aliphatic carbocycles. The van der Waals surface area contributed by atoms with Gasteiger partial charge in [0, 0.05) is 37.2 Å². The summed E-state index contributed by atoms with van der Waals surface area (Å²) in [6, 6.07) is 16.4. The van der Waals surface area contributed by atoms with Crippen LogP contribution in [0, 0.1) is 5.92 Å². The third-order valence-corrected chi connectivity index (χ3v) is 6.12. The summed E-state index contributed by atoms with van der Waals surface area (Å²) in [5.74, 6) is 2.29. The Morgan fingerprint density at radius 1 is 1.07 bits per heavy atom. The number of carbonyl (C=O) groups is 1. The van der Waals surface area contributed by atoms with Crippen LogP contribution >= 0.6 is 0 Å². The predicted octanol–water partition coefficient (Wildman–Crippen LogP) is 2.53. The van der Waals surface area contributed by atoms with Crippen molar-refractivity contribution < 1.29 is 14.3 Å². The molecule has 0 bridgehead atoms. The Balaban J connectivity index is 1.31. The average molecular weight is 379 g/mol. The van der Waals surface area contributed by atoms with Crippen molar-refractivity contribution in [3.63, 3.8) is 0 Å². The van der Waals surface area contributed by atoms with Crippen LogP contribution in [0.25, 0.3) is 0 Å². The van der Waals surface area contributed by atoms with Gasteiger partial charge in [-0.25, -0.2) is 0 Å². The lowest BCUT2D eigenvalue weighted by Gasteiger charge is -2.37. The number of piperidine rings is 1. The first-order valence-corrected chi connectivity index (χ1v) is 10.0. The van der Waals surface area contributed by atoms with Crippen LogP contribution in [0.4, 0.5) is 0 Å². The fourth-order valence-corrected chi connectivity index (χ4v) is 4.69. The van der Waals surface area contributed by atoms with Crippen molar-refractivity contribution in [1.29, 1.82) is 0 Å². The van der Waals surface area contributed by atoms with E-state index in [1.54, 1.807) is 6.07 Å². The van der Waals surface area contributed by atoms with Gasteiger partial charge in [0.15, 0.2) is 11.5 Å². The maximum atomic E-state index is 13.1. The molecule has 6 heteroatoms. The molecule has 2 saturated heterocycles. The molecule has 2 aromatic rings. The number of ether oxygens (including phenoxy) is 2. The van der Waals surface area contributed by atoms with Gasteiger partial charge in [-0.2, -0.15) is 0 Å². The van der Waals surface area contributed by atoms with Crippen molar-refractivity contribution >= 4 is 5.91 Å². The van der Waals surface area contributed by atoms with E-state index in [4.69, 9.17) is 9.47 Å². The largest absolute Gasteiger partial charge is 0.454 e. The Hall–Kier alpha value is -2.57. The van der Waals surface area contributed by atoms with Crippen LogP contribution in [0.5, 0.6) is 11.5 Å². The lowest BCUT2D eigenvalue weighted by Crippen LogP contribution is -2.48. The van der Waals surface area contributed by atoms with Gasteiger partial charge in [0.2, 0.25) is 6.79 Å². The summed E-state index contributed by atoms with van der Waals surface area (Å²) < 4.78 is 10.8. The first-order chi connectivity index (χ1) is 13.8. The third kappa shape index (κ3) is 3.23. The Morgan fingerprint density at radius 2 is 1.93 bits per heavy atom. The second kappa shape index (κ2) is 7.45. The molecule has 1 amide bonds. The Kier molecular flexibility index (Phi) is 4.66. The van der Waals surface area contributed by atoms with E-state index in [2.05, 4.69) is 41.2 Å². The van der Waals surface area contributed by atoms with Crippen molar-refractivity contribution in [2.75, 3.05) is 26.4 Å². The summed E-state index contributed by atoms with van der Waals surface area (Å²) in [4.78, 5) is 15.1. The van der Waals surface area contributed by atoms with Crippen LogP contribution in [-0.2, 0) is 0 Å². The summed E-state index contributed by atoms with van der Waals surface area (Å²) in [6.07, 6.45) is 2.16. The van der Waals surface area contributed by atoms with Gasteiger partial charge in [-0.05, 0) is 42.5 Å². The molecule has 2 N–H and O–H groups in total. The Labute approximate surface area is 164 Å². The fourth-order valence-electron chi connectivity index (χ4n) is 4.69. The highest BCUT2D eigenvalue weighted by Crippen LogP contribution is 2.34. The van der Waals surface area contributed by atoms with E-state index in [0.29, 0.717) is 34.9 Å². The molecule has 28 heavy (non-hydrogen) atoms. The van der Waals surface area contributed by atoms with Gasteiger partial charge >= 0.3 is 0 Å². The van der Waals surface area contributed by atoms with Crippen LogP contribution in [0.2, 0.25) is 0 Å². The first kappa shape index (κ1) is 17.5. The smallest absolute Gasteiger partial charge is 0.254 e. The van der Waals surface area contributed by atoms with Gasteiger partial charge in [0.1, 0.15) is 0 Å². The van der Waals surface area contributed by atoms with E-state index in [9.17, 15) is 4.79 Å². The molecule has 3 aliphatic rings. The van der Waals surface area contributed by atoms with E-state index in [-0.39, 0.29) is 12.7 Å². The van der Waals surface area contributed by atoms with Crippen LogP contribution in [-0.4, -0.2) is 43.3 Å². The molecule has 3 atom stereocenters. The second-order valence-corrected chi connectivity index (χ2v) is 7.79. The summed E-state index contributed by atoms with van der Waals surface area (Å²) in [5, 5.41) is 0. The molecular formula is C22H25N3O3. The molecule has 0 spiro atoms. The van der Waals surface area contributed by atoms with Crippen LogP contribution in [0.1, 0.15) is 34.7 Å². The van der Waals surface area contributed by atoms with E-state index in [0.717, 1.165) is 32.5 Å². The van der Waals surface area contributed by atoms with Gasteiger partial charge in [0.25, 0.3) is 5.91 Å². The summed E-state index contributed by atoms with van der Waals surface area (Å²) in [5.41, 5.74) is 8.84. The van der Waals surface area contributed by atoms with Crippen molar-refractivity contribution in [3.05, 3.63) is 59.7 Å². The fraction of sp³-hybridized carbons (Fsp3) is 0.409. The van der Waals surface area contributed by atoms with Gasteiger partial charge in [-0.15, -0.1) is 0 Å². The highest BCUT2D eigenvalue weighted by molar-refractivity contribution is 5.95. The molecule has 5 rings (SSSR count). The number of benzene rings is 2. The van der Waals surface area contributed by atoms with Gasteiger partial charge in [0.05, 0.1) is 0 Å². The number of hydrogen-bond donors (Lipinski definition) is 2. The number of nitrogens with one attached hydrogen (secondary N) is 2. The highest BCUT2D eigenvalue weighted by Gasteiger charge is 2.37. The Morgan fingerprint density at radius 3 is 2.82 bits per heavy atom. The zero-order chi connectivity index (χ0) is 18.9. The number of amides is 1. The van der Waals surface area contributed by atoms with Crippen LogP contribution in [0.15, 0.2) is 48.5 Å². The molecule has 2 aromatic carbocycles. The maximum Gasteiger partial charge on any atom is 0.254 e. The number of nitrogens with zero attached hydrogens (tertiary/aromatic N) is 1. The molecule has 0 radical (unpaired) electrons. The normalized spacial score (nSPS) is 26.4. The zero-order valence-corrected chi connectivity index (χ0v) is 15.8. The predicted molar refractivity (Wildman–Crippen MR) is 105 cm³/mol. The lowest BCUT2D eigenvalue weighted by atomic mass is 9.81. The van der Waals surface area contributed by atoms with Crippen LogP contribution in [0.3, 0.4) is 0 Å². The second-order valence-electron chi connectivity index (χ2n) is 7.79. The van der Waals surface area contributed by atoms with E-state index in [1.165, 1.54) is 5.56 Å². The third-order valence-electron chi connectivity index (χ3n) is 6.12. The number of hydrogen-bond acceptors (Lipinski definition) is 5. The zero-order valence-electron chi connectivity index (χ0n) is 15.8. The molecule has 6 nitrogen and oxygen atoms in total. The number of hydrazine groups is 1. The molecular weight excluding hydrogens is 354 g/mol. The van der Waals surface area contributed by atoms with Crippen molar-refractivity contribution in [3.8, 4) is 11.5 Å². The first-order valence-electron chi connectivity index (χ1n) is 10.0. The highest BCUT2D eigenvalue weighted by atomic mass is 16.7. The monoisotopic (exact) mass is 379 g/mol. The van der Waals surface area contributed by atoms with Crippen molar-refractivity contribution in [2.24, 2.45) is 5.92 Å². The Bertz CT molecular complexity index is 857. The minimum absolute atomic E-state index is 0.0743. The van der Waals surface area contributed by atoms with E-state index in [1.807, 2.05) is 17.0 Å². The summed E-state index contributed by atoms with van der Waals surface area (Å²) in [6.45, 7) is 2.72.